The van der Waals surface area contributed by atoms with Gasteiger partial charge in [0, 0.05) is 32.2 Å². The minimum absolute atomic E-state index is 0.578. The van der Waals surface area contributed by atoms with Crippen LogP contribution in [0.2, 0.25) is 0 Å². The predicted molar refractivity (Wildman–Crippen MR) is 58.3 cm³/mol. The fourth-order valence-corrected chi connectivity index (χ4v) is 1.76. The van der Waals surface area contributed by atoms with Crippen molar-refractivity contribution in [2.45, 2.75) is 38.9 Å². The van der Waals surface area contributed by atoms with E-state index >= 15 is 0 Å². The van der Waals surface area contributed by atoms with Crippen molar-refractivity contribution in [1.82, 2.24) is 9.80 Å². The maximum Gasteiger partial charge on any atom is 0.122 e. The lowest BCUT2D eigenvalue weighted by molar-refractivity contribution is 0.174. The third-order valence-electron chi connectivity index (χ3n) is 3.15. The molecule has 0 radical (unpaired) electrons. The number of hydrogen-bond donors (Lipinski definition) is 0. The van der Waals surface area contributed by atoms with Crippen LogP contribution in [0.25, 0.3) is 0 Å². The van der Waals surface area contributed by atoms with Crippen molar-refractivity contribution in [3.63, 3.8) is 0 Å². The van der Waals surface area contributed by atoms with Gasteiger partial charge in [-0.3, -0.25) is 4.90 Å². The lowest BCUT2D eigenvalue weighted by atomic mass is 10.1. The van der Waals surface area contributed by atoms with Gasteiger partial charge in [-0.05, 0) is 34.2 Å². The Morgan fingerprint density at radius 2 is 2.14 bits per heavy atom. The van der Waals surface area contributed by atoms with Crippen molar-refractivity contribution in [1.29, 1.82) is 0 Å². The molecule has 0 aromatic heterocycles. The van der Waals surface area contributed by atoms with Crippen molar-refractivity contribution in [3.8, 4) is 0 Å². The molecule has 1 fully saturated rings. The standard InChI is InChI=1S/C11H23FN2/c1-10(2)13(4)7-8-14-6-5-11(3,12)9-14/h10H,5-9H2,1-4H3. The lowest BCUT2D eigenvalue weighted by Gasteiger charge is -2.24. The van der Waals surface area contributed by atoms with E-state index in [9.17, 15) is 4.39 Å². The second-order valence-corrected chi connectivity index (χ2v) is 5.01. The van der Waals surface area contributed by atoms with Gasteiger partial charge in [-0.25, -0.2) is 4.39 Å². The monoisotopic (exact) mass is 202 g/mol. The molecular formula is C11H23FN2. The summed E-state index contributed by atoms with van der Waals surface area (Å²) >= 11 is 0. The molecule has 2 nitrogen and oxygen atoms in total. The van der Waals surface area contributed by atoms with Gasteiger partial charge in [0.1, 0.15) is 5.67 Å². The number of likely N-dealkylation sites (N-methyl/N-ethyl adjacent to an activating group) is 1. The molecule has 0 aromatic carbocycles. The third kappa shape index (κ3) is 3.54. The summed E-state index contributed by atoms with van der Waals surface area (Å²) in [7, 11) is 2.12. The summed E-state index contributed by atoms with van der Waals surface area (Å²) < 4.78 is 13.5. The predicted octanol–water partition coefficient (Wildman–Crippen LogP) is 1.76. The van der Waals surface area contributed by atoms with E-state index in [0.29, 0.717) is 19.0 Å². The number of hydrogen-bond acceptors (Lipinski definition) is 2. The minimum atomic E-state index is -0.948. The number of nitrogens with zero attached hydrogens (tertiary/aromatic N) is 2. The van der Waals surface area contributed by atoms with E-state index in [1.54, 1.807) is 6.92 Å². The zero-order valence-corrected chi connectivity index (χ0v) is 9.89. The highest BCUT2D eigenvalue weighted by Gasteiger charge is 2.33. The molecule has 1 unspecified atom stereocenters. The summed E-state index contributed by atoms with van der Waals surface area (Å²) in [5.74, 6) is 0. The molecule has 0 spiro atoms. The van der Waals surface area contributed by atoms with Crippen LogP contribution in [0.4, 0.5) is 4.39 Å². The van der Waals surface area contributed by atoms with E-state index in [-0.39, 0.29) is 0 Å². The molecule has 1 aliphatic rings. The Morgan fingerprint density at radius 1 is 1.50 bits per heavy atom. The molecule has 1 aliphatic heterocycles. The Hall–Kier alpha value is -0.150. The largest absolute Gasteiger partial charge is 0.303 e. The Morgan fingerprint density at radius 3 is 2.57 bits per heavy atom. The van der Waals surface area contributed by atoms with Crippen LogP contribution in [0.5, 0.6) is 0 Å². The van der Waals surface area contributed by atoms with Crippen molar-refractivity contribution in [3.05, 3.63) is 0 Å². The van der Waals surface area contributed by atoms with E-state index in [1.165, 1.54) is 0 Å². The van der Waals surface area contributed by atoms with Gasteiger partial charge in [-0.1, -0.05) is 0 Å². The van der Waals surface area contributed by atoms with E-state index < -0.39 is 5.67 Å². The molecule has 14 heavy (non-hydrogen) atoms. The van der Waals surface area contributed by atoms with Crippen LogP contribution in [0.15, 0.2) is 0 Å². The second kappa shape index (κ2) is 4.58. The zero-order chi connectivity index (χ0) is 10.8. The molecule has 0 bridgehead atoms. The van der Waals surface area contributed by atoms with Crippen molar-refractivity contribution < 1.29 is 4.39 Å². The van der Waals surface area contributed by atoms with Crippen molar-refractivity contribution in [2.24, 2.45) is 0 Å². The van der Waals surface area contributed by atoms with Gasteiger partial charge in [-0.15, -0.1) is 0 Å². The maximum atomic E-state index is 13.5. The second-order valence-electron chi connectivity index (χ2n) is 5.01. The summed E-state index contributed by atoms with van der Waals surface area (Å²) in [6, 6.07) is 0.578. The molecule has 0 amide bonds. The van der Waals surface area contributed by atoms with Crippen LogP contribution in [0.3, 0.4) is 0 Å². The molecular weight excluding hydrogens is 179 g/mol. The summed E-state index contributed by atoms with van der Waals surface area (Å²) in [4.78, 5) is 4.52. The topological polar surface area (TPSA) is 6.48 Å². The van der Waals surface area contributed by atoms with Crippen LogP contribution >= 0.6 is 0 Å². The van der Waals surface area contributed by atoms with Crippen LogP contribution in [0.1, 0.15) is 27.2 Å². The fraction of sp³-hybridized carbons (Fsp3) is 1.00. The quantitative estimate of drug-likeness (QED) is 0.685. The summed E-state index contributed by atoms with van der Waals surface area (Å²) in [6.07, 6.45) is 0.693. The first-order valence-electron chi connectivity index (χ1n) is 5.52. The maximum absolute atomic E-state index is 13.5. The highest BCUT2D eigenvalue weighted by molar-refractivity contribution is 4.86. The lowest BCUT2D eigenvalue weighted by Crippen LogP contribution is -2.36. The first-order chi connectivity index (χ1) is 6.41. The molecule has 0 N–H and O–H groups in total. The molecule has 84 valence electrons. The average Bonchev–Trinajstić information content (AvgIpc) is 2.41. The summed E-state index contributed by atoms with van der Waals surface area (Å²) in [5.41, 5.74) is -0.948. The molecule has 0 aliphatic carbocycles. The third-order valence-corrected chi connectivity index (χ3v) is 3.15. The minimum Gasteiger partial charge on any atom is -0.303 e. The van der Waals surface area contributed by atoms with Gasteiger partial charge in [0.2, 0.25) is 0 Å². The Labute approximate surface area is 87.1 Å². The molecule has 1 atom stereocenters. The molecule has 0 saturated carbocycles. The highest BCUT2D eigenvalue weighted by atomic mass is 19.1. The summed E-state index contributed by atoms with van der Waals surface area (Å²) in [5, 5.41) is 0. The smallest absolute Gasteiger partial charge is 0.122 e. The molecule has 3 heteroatoms. The van der Waals surface area contributed by atoms with Crippen LogP contribution < -0.4 is 0 Å². The van der Waals surface area contributed by atoms with E-state index in [0.717, 1.165) is 19.6 Å². The van der Waals surface area contributed by atoms with Gasteiger partial charge in [0.05, 0.1) is 0 Å². The number of rotatable bonds is 4. The normalized spacial score (nSPS) is 29.4. The average molecular weight is 202 g/mol. The zero-order valence-electron chi connectivity index (χ0n) is 9.89. The molecule has 0 aromatic rings. The summed E-state index contributed by atoms with van der Waals surface area (Å²) in [6.45, 7) is 9.63. The fourth-order valence-electron chi connectivity index (χ4n) is 1.76. The Kier molecular flexibility index (Phi) is 3.90. The number of alkyl halides is 1. The molecule has 1 rings (SSSR count). The Balaban J connectivity index is 2.21. The van der Waals surface area contributed by atoms with E-state index in [1.807, 2.05) is 0 Å². The van der Waals surface area contributed by atoms with Gasteiger partial charge in [0.25, 0.3) is 0 Å². The SMILES string of the molecule is CC(C)N(C)CCN1CCC(C)(F)C1. The van der Waals surface area contributed by atoms with Gasteiger partial charge in [0.15, 0.2) is 0 Å². The van der Waals surface area contributed by atoms with Gasteiger partial charge >= 0.3 is 0 Å². The van der Waals surface area contributed by atoms with Gasteiger partial charge < -0.3 is 4.90 Å². The van der Waals surface area contributed by atoms with E-state index in [2.05, 4.69) is 30.7 Å². The van der Waals surface area contributed by atoms with Crippen LogP contribution in [0, 0.1) is 0 Å². The van der Waals surface area contributed by atoms with E-state index in [4.69, 9.17) is 0 Å². The molecule has 1 heterocycles. The van der Waals surface area contributed by atoms with Crippen molar-refractivity contribution >= 4 is 0 Å². The first-order valence-corrected chi connectivity index (χ1v) is 5.52. The van der Waals surface area contributed by atoms with Crippen LogP contribution in [-0.4, -0.2) is 54.7 Å². The van der Waals surface area contributed by atoms with Gasteiger partial charge in [-0.2, -0.15) is 0 Å². The highest BCUT2D eigenvalue weighted by Crippen LogP contribution is 2.24. The first kappa shape index (κ1) is 11.9. The number of likely N-dealkylation sites (tertiary alicyclic amines) is 1. The molecule has 1 saturated heterocycles. The number of halogens is 1. The van der Waals surface area contributed by atoms with Crippen molar-refractivity contribution in [2.75, 3.05) is 33.2 Å². The Bertz CT molecular complexity index is 180. The van der Waals surface area contributed by atoms with Crippen LogP contribution in [-0.2, 0) is 0 Å².